The van der Waals surface area contributed by atoms with Crippen molar-refractivity contribution in [2.45, 2.75) is 18.9 Å². The Morgan fingerprint density at radius 2 is 1.93 bits per heavy atom. The van der Waals surface area contributed by atoms with Gasteiger partial charge in [0.15, 0.2) is 0 Å². The molecule has 1 amide bonds. The maximum atomic E-state index is 11.1. The summed E-state index contributed by atoms with van der Waals surface area (Å²) in [6, 6.07) is 16.1. The van der Waals surface area contributed by atoms with Crippen LogP contribution < -0.4 is 10.8 Å². The molecule has 6 nitrogen and oxygen atoms in total. The molecule has 6 heteroatoms. The Bertz CT molecular complexity index is 932. The number of carbonyl (C=O) groups excluding carboxylic acids is 1. The first-order valence-electron chi connectivity index (χ1n) is 9.32. The average Bonchev–Trinajstić information content (AvgIpc) is 3.15. The van der Waals surface area contributed by atoms with E-state index in [1.54, 1.807) is 11.6 Å². The fraction of sp³-hybridized carbons (Fsp3) is 0.227. The van der Waals surface area contributed by atoms with Gasteiger partial charge in [-0.3, -0.25) is 10.0 Å². The minimum Gasteiger partial charge on any atom is -0.396 e. The van der Waals surface area contributed by atoms with Gasteiger partial charge in [0, 0.05) is 35.8 Å². The first kappa shape index (κ1) is 19.8. The van der Waals surface area contributed by atoms with Gasteiger partial charge >= 0.3 is 0 Å². The van der Waals surface area contributed by atoms with Gasteiger partial charge < -0.3 is 15.4 Å². The number of rotatable bonds is 9. The summed E-state index contributed by atoms with van der Waals surface area (Å²) in [6.45, 7) is 0.897. The SMILES string of the molecule is O=C(C=Cc1ccc(C(CCO)NCCc2c[nH]c3ccccc23)cc1)NO. The first-order chi connectivity index (χ1) is 13.7. The number of nitrogens with one attached hydrogen (secondary N) is 3. The lowest BCUT2D eigenvalue weighted by atomic mass is 10.0. The number of carbonyl (C=O) groups is 1. The average molecular weight is 379 g/mol. The van der Waals surface area contributed by atoms with Crippen molar-refractivity contribution in [1.82, 2.24) is 15.8 Å². The lowest BCUT2D eigenvalue weighted by Gasteiger charge is -2.18. The summed E-state index contributed by atoms with van der Waals surface area (Å²) in [6.07, 6.45) is 6.45. The van der Waals surface area contributed by atoms with Crippen LogP contribution in [0.3, 0.4) is 0 Å². The Hall–Kier alpha value is -2.93. The fourth-order valence-electron chi connectivity index (χ4n) is 3.28. The minimum atomic E-state index is -0.568. The molecule has 28 heavy (non-hydrogen) atoms. The number of aliphatic hydroxyl groups excluding tert-OH is 1. The second-order valence-corrected chi connectivity index (χ2v) is 6.60. The van der Waals surface area contributed by atoms with Gasteiger partial charge in [-0.1, -0.05) is 42.5 Å². The van der Waals surface area contributed by atoms with Crippen molar-refractivity contribution >= 4 is 22.9 Å². The topological polar surface area (TPSA) is 97.4 Å². The van der Waals surface area contributed by atoms with Gasteiger partial charge in [0.25, 0.3) is 5.91 Å². The third kappa shape index (κ3) is 5.07. The number of aliphatic hydroxyl groups is 1. The molecular formula is C22H25N3O3. The smallest absolute Gasteiger partial charge is 0.267 e. The zero-order valence-corrected chi connectivity index (χ0v) is 15.6. The normalized spacial score (nSPS) is 12.5. The molecule has 1 aromatic heterocycles. The zero-order chi connectivity index (χ0) is 19.8. The maximum Gasteiger partial charge on any atom is 0.267 e. The lowest BCUT2D eigenvalue weighted by Crippen LogP contribution is -2.24. The van der Waals surface area contributed by atoms with Crippen LogP contribution in [-0.2, 0) is 11.2 Å². The van der Waals surface area contributed by atoms with Crippen LogP contribution >= 0.6 is 0 Å². The summed E-state index contributed by atoms with van der Waals surface area (Å²) >= 11 is 0. The molecule has 0 spiro atoms. The highest BCUT2D eigenvalue weighted by Gasteiger charge is 2.11. The number of amides is 1. The van der Waals surface area contributed by atoms with Gasteiger partial charge in [-0.05, 0) is 48.2 Å². The van der Waals surface area contributed by atoms with Crippen molar-refractivity contribution in [3.8, 4) is 0 Å². The van der Waals surface area contributed by atoms with Crippen molar-refractivity contribution in [3.05, 3.63) is 77.5 Å². The highest BCUT2D eigenvalue weighted by Crippen LogP contribution is 2.20. The molecule has 0 saturated heterocycles. The molecule has 5 N–H and O–H groups in total. The maximum absolute atomic E-state index is 11.1. The highest BCUT2D eigenvalue weighted by atomic mass is 16.5. The van der Waals surface area contributed by atoms with E-state index in [1.807, 2.05) is 36.4 Å². The molecule has 0 aliphatic rings. The molecule has 0 aliphatic heterocycles. The van der Waals surface area contributed by atoms with Crippen LogP contribution in [-0.4, -0.2) is 34.4 Å². The number of aromatic nitrogens is 1. The third-order valence-electron chi connectivity index (χ3n) is 4.75. The summed E-state index contributed by atoms with van der Waals surface area (Å²) in [7, 11) is 0. The van der Waals surface area contributed by atoms with Crippen molar-refractivity contribution in [2.24, 2.45) is 0 Å². The van der Waals surface area contributed by atoms with Crippen molar-refractivity contribution in [3.63, 3.8) is 0 Å². The van der Waals surface area contributed by atoms with Gasteiger partial charge in [-0.15, -0.1) is 0 Å². The zero-order valence-electron chi connectivity index (χ0n) is 15.6. The van der Waals surface area contributed by atoms with E-state index in [2.05, 4.69) is 28.6 Å². The van der Waals surface area contributed by atoms with E-state index in [1.165, 1.54) is 17.0 Å². The molecule has 0 saturated carbocycles. The van der Waals surface area contributed by atoms with E-state index in [4.69, 9.17) is 5.21 Å². The summed E-state index contributed by atoms with van der Waals surface area (Å²) in [5.74, 6) is -0.568. The van der Waals surface area contributed by atoms with Crippen molar-refractivity contribution < 1.29 is 15.1 Å². The Morgan fingerprint density at radius 1 is 1.14 bits per heavy atom. The monoisotopic (exact) mass is 379 g/mol. The van der Waals surface area contributed by atoms with Gasteiger partial charge in [0.2, 0.25) is 0 Å². The number of hydrogen-bond acceptors (Lipinski definition) is 4. The summed E-state index contributed by atoms with van der Waals surface area (Å²) in [4.78, 5) is 14.4. The molecule has 1 heterocycles. The highest BCUT2D eigenvalue weighted by molar-refractivity contribution is 5.90. The van der Waals surface area contributed by atoms with Crippen LogP contribution in [0.4, 0.5) is 0 Å². The molecule has 146 valence electrons. The first-order valence-corrected chi connectivity index (χ1v) is 9.32. The number of hydrogen-bond donors (Lipinski definition) is 5. The largest absolute Gasteiger partial charge is 0.396 e. The molecule has 0 radical (unpaired) electrons. The number of aromatic amines is 1. The number of benzene rings is 2. The Balaban J connectivity index is 1.61. The molecule has 0 aliphatic carbocycles. The molecule has 0 fully saturated rings. The Labute approximate surface area is 163 Å². The standard InChI is InChI=1S/C22H25N3O3/c26-14-12-20(17-8-5-16(6-9-17)7-10-22(27)25-28)23-13-11-18-15-24-21-4-2-1-3-19(18)21/h1-10,15,20,23-24,26,28H,11-14H2,(H,25,27). The summed E-state index contributed by atoms with van der Waals surface area (Å²) in [5, 5.41) is 22.7. The van der Waals surface area contributed by atoms with Crippen LogP contribution in [0.25, 0.3) is 17.0 Å². The second kappa shape index (κ2) is 9.85. The molecule has 1 unspecified atom stereocenters. The van der Waals surface area contributed by atoms with E-state index >= 15 is 0 Å². The van der Waals surface area contributed by atoms with E-state index in [0.29, 0.717) is 6.42 Å². The van der Waals surface area contributed by atoms with E-state index < -0.39 is 5.91 Å². The van der Waals surface area contributed by atoms with Gasteiger partial charge in [0.1, 0.15) is 0 Å². The van der Waals surface area contributed by atoms with Crippen molar-refractivity contribution in [1.29, 1.82) is 0 Å². The number of H-pyrrole nitrogens is 1. The summed E-state index contributed by atoms with van der Waals surface area (Å²) in [5.41, 5.74) is 5.91. The van der Waals surface area contributed by atoms with Crippen LogP contribution in [0.5, 0.6) is 0 Å². The predicted molar refractivity (Wildman–Crippen MR) is 110 cm³/mol. The molecule has 3 rings (SSSR count). The molecule has 2 aromatic carbocycles. The van der Waals surface area contributed by atoms with Crippen LogP contribution in [0.1, 0.15) is 29.2 Å². The van der Waals surface area contributed by atoms with Crippen LogP contribution in [0.2, 0.25) is 0 Å². The third-order valence-corrected chi connectivity index (χ3v) is 4.75. The van der Waals surface area contributed by atoms with Gasteiger partial charge in [0.05, 0.1) is 0 Å². The predicted octanol–water partition coefficient (Wildman–Crippen LogP) is 2.94. The van der Waals surface area contributed by atoms with Crippen LogP contribution in [0, 0.1) is 0 Å². The van der Waals surface area contributed by atoms with E-state index in [-0.39, 0.29) is 12.6 Å². The van der Waals surface area contributed by atoms with E-state index in [0.717, 1.165) is 29.6 Å². The van der Waals surface area contributed by atoms with E-state index in [9.17, 15) is 9.90 Å². The Morgan fingerprint density at radius 3 is 2.68 bits per heavy atom. The van der Waals surface area contributed by atoms with Crippen LogP contribution in [0.15, 0.2) is 60.8 Å². The lowest BCUT2D eigenvalue weighted by molar-refractivity contribution is -0.124. The van der Waals surface area contributed by atoms with Gasteiger partial charge in [-0.25, -0.2) is 5.48 Å². The minimum absolute atomic E-state index is 0.0500. The quantitative estimate of drug-likeness (QED) is 0.224. The fourth-order valence-corrected chi connectivity index (χ4v) is 3.28. The Kier molecular flexibility index (Phi) is 6.97. The second-order valence-electron chi connectivity index (χ2n) is 6.60. The molecular weight excluding hydrogens is 354 g/mol. The number of fused-ring (bicyclic) bond motifs is 1. The van der Waals surface area contributed by atoms with Crippen molar-refractivity contribution in [2.75, 3.05) is 13.2 Å². The molecule has 3 aromatic rings. The number of hydroxylamine groups is 1. The van der Waals surface area contributed by atoms with Gasteiger partial charge in [-0.2, -0.15) is 0 Å². The molecule has 1 atom stereocenters. The summed E-state index contributed by atoms with van der Waals surface area (Å²) < 4.78 is 0. The molecule has 0 bridgehead atoms. The number of para-hydroxylation sites is 1.